The first-order chi connectivity index (χ1) is 12.5. The van der Waals surface area contributed by atoms with Crippen LogP contribution in [0.4, 0.5) is 13.2 Å². The lowest BCUT2D eigenvalue weighted by atomic mass is 10.0. The second-order valence-electron chi connectivity index (χ2n) is 6.97. The Bertz CT molecular complexity index is 549. The average Bonchev–Trinajstić information content (AvgIpc) is 3.29. The van der Waals surface area contributed by atoms with Crippen LogP contribution in [-0.4, -0.2) is 42.4 Å². The number of rotatable bonds is 8. The van der Waals surface area contributed by atoms with Crippen LogP contribution >= 0.6 is 11.9 Å². The number of nitrogens with zero attached hydrogens (tertiary/aromatic N) is 1. The van der Waals surface area contributed by atoms with Gasteiger partial charge in [-0.15, -0.1) is 0 Å². The molecule has 1 aromatic carbocycles. The van der Waals surface area contributed by atoms with Crippen LogP contribution in [0.3, 0.4) is 0 Å². The van der Waals surface area contributed by atoms with Gasteiger partial charge in [-0.2, -0.15) is 0 Å². The van der Waals surface area contributed by atoms with Gasteiger partial charge in [0.05, 0.1) is 0 Å². The maximum absolute atomic E-state index is 13.5. The largest absolute Gasteiger partial charge is 0.327 e. The molecule has 1 aliphatic heterocycles. The summed E-state index contributed by atoms with van der Waals surface area (Å²) in [4.78, 5) is 2.32. The third-order valence-electron chi connectivity index (χ3n) is 4.50. The van der Waals surface area contributed by atoms with E-state index in [1.807, 2.05) is 11.9 Å². The smallest absolute Gasteiger partial charge is 0.161 e. The van der Waals surface area contributed by atoms with Crippen LogP contribution in [0.5, 0.6) is 0 Å². The summed E-state index contributed by atoms with van der Waals surface area (Å²) in [6, 6.07) is 1.25. The molecule has 1 aromatic rings. The normalized spacial score (nSPS) is 18.5. The van der Waals surface area contributed by atoms with E-state index in [0.29, 0.717) is 6.07 Å². The second kappa shape index (κ2) is 11.2. The number of likely N-dealkylation sites (tertiary alicyclic amines) is 1. The van der Waals surface area contributed by atoms with E-state index in [4.69, 9.17) is 5.73 Å². The van der Waals surface area contributed by atoms with E-state index in [1.54, 1.807) is 0 Å². The van der Waals surface area contributed by atoms with E-state index < -0.39 is 17.5 Å². The summed E-state index contributed by atoms with van der Waals surface area (Å²) < 4.78 is 42.5. The highest BCUT2D eigenvalue weighted by Gasteiger charge is 2.21. The molecule has 0 unspecified atom stereocenters. The van der Waals surface area contributed by atoms with Crippen molar-refractivity contribution in [3.63, 3.8) is 0 Å². The van der Waals surface area contributed by atoms with E-state index >= 15 is 0 Å². The number of halogens is 3. The summed E-state index contributed by atoms with van der Waals surface area (Å²) in [5.74, 6) is -2.91. The molecule has 2 aliphatic rings. The minimum absolute atomic E-state index is 0.146. The Morgan fingerprint density at radius 3 is 2.42 bits per heavy atom. The highest BCUT2D eigenvalue weighted by Crippen LogP contribution is 2.31. The predicted molar refractivity (Wildman–Crippen MR) is 103 cm³/mol. The predicted octanol–water partition coefficient (Wildman–Crippen LogP) is 3.87. The molecule has 7 heteroatoms. The van der Waals surface area contributed by atoms with Gasteiger partial charge < -0.3 is 10.6 Å². The second-order valence-corrected chi connectivity index (χ2v) is 8.17. The monoisotopic (exact) mass is 389 g/mol. The quantitative estimate of drug-likeness (QED) is 0.523. The summed E-state index contributed by atoms with van der Waals surface area (Å²) in [6.07, 6.45) is 6.25. The molecule has 26 heavy (non-hydrogen) atoms. The van der Waals surface area contributed by atoms with E-state index in [2.05, 4.69) is 16.5 Å². The fourth-order valence-electron chi connectivity index (χ4n) is 2.85. The molecule has 1 atom stereocenters. The zero-order valence-corrected chi connectivity index (χ0v) is 16.3. The van der Waals surface area contributed by atoms with Gasteiger partial charge in [0, 0.05) is 23.9 Å². The molecular formula is C19H30F3N3S. The van der Waals surface area contributed by atoms with Crippen molar-refractivity contribution < 1.29 is 13.2 Å². The van der Waals surface area contributed by atoms with Gasteiger partial charge in [-0.05, 0) is 69.8 Å². The summed E-state index contributed by atoms with van der Waals surface area (Å²) in [7, 11) is 0. The molecule has 0 radical (unpaired) electrons. The van der Waals surface area contributed by atoms with Crippen LogP contribution in [-0.2, 0) is 6.42 Å². The Labute approximate surface area is 159 Å². The number of hydrogen-bond donors (Lipinski definition) is 2. The van der Waals surface area contributed by atoms with E-state index in [0.717, 1.165) is 43.9 Å². The van der Waals surface area contributed by atoms with E-state index in [1.165, 1.54) is 25.7 Å². The maximum atomic E-state index is 13.5. The Morgan fingerprint density at radius 1 is 1.15 bits per heavy atom. The first kappa shape index (κ1) is 21.5. The molecule has 1 saturated heterocycles. The Hall–Kier alpha value is -0.760. The summed E-state index contributed by atoms with van der Waals surface area (Å²) in [5, 5.41) is 0.958. The van der Waals surface area contributed by atoms with Crippen molar-refractivity contribution in [3.05, 3.63) is 35.1 Å². The molecule has 0 bridgehead atoms. The van der Waals surface area contributed by atoms with Crippen molar-refractivity contribution in [2.24, 2.45) is 5.73 Å². The molecule has 3 nitrogen and oxygen atoms in total. The summed E-state index contributed by atoms with van der Waals surface area (Å²) >= 11 is 1.89. The van der Waals surface area contributed by atoms with Gasteiger partial charge in [0.1, 0.15) is 5.82 Å². The zero-order chi connectivity index (χ0) is 18.9. The zero-order valence-electron chi connectivity index (χ0n) is 15.4. The van der Waals surface area contributed by atoms with Crippen molar-refractivity contribution in [1.82, 2.24) is 9.62 Å². The first-order valence-electron chi connectivity index (χ1n) is 9.49. The first-order valence-corrected chi connectivity index (χ1v) is 10.4. The molecule has 1 aliphatic carbocycles. The molecule has 0 amide bonds. The molecule has 0 spiro atoms. The summed E-state index contributed by atoms with van der Waals surface area (Å²) in [6.45, 7) is 6.29. The molecule has 3 rings (SSSR count). The Kier molecular flexibility index (Phi) is 9.25. The van der Waals surface area contributed by atoms with Gasteiger partial charge >= 0.3 is 0 Å². The average molecular weight is 390 g/mol. The van der Waals surface area contributed by atoms with E-state index in [9.17, 15) is 13.2 Å². The highest BCUT2D eigenvalue weighted by molar-refractivity contribution is 7.98. The Balaban J connectivity index is 0.000000290. The fourth-order valence-corrected chi connectivity index (χ4v) is 3.62. The SMILES string of the molecule is CCNSC1CC1.N[C@@H](CCN1CCCC1)Cc1cc(F)c(F)cc1F. The molecule has 2 fully saturated rings. The van der Waals surface area contributed by atoms with Crippen LogP contribution in [0.25, 0.3) is 0 Å². The fraction of sp³-hybridized carbons (Fsp3) is 0.684. The standard InChI is InChI=1S/C14H19F3N2.C5H11NS/c15-12-9-14(17)13(16)8-10(12)7-11(18)3-6-19-4-1-2-5-19;1-2-6-7-5-3-4-5/h8-9,11H,1-7,18H2;5-6H,2-4H2,1H3/t11-;/m0./s1. The molecule has 0 aromatic heterocycles. The lowest BCUT2D eigenvalue weighted by molar-refractivity contribution is 0.320. The van der Waals surface area contributed by atoms with Crippen LogP contribution in [0, 0.1) is 17.5 Å². The summed E-state index contributed by atoms with van der Waals surface area (Å²) in [5.41, 5.74) is 6.08. The number of nitrogens with two attached hydrogens (primary N) is 1. The van der Waals surface area contributed by atoms with Gasteiger partial charge in [-0.1, -0.05) is 18.9 Å². The van der Waals surface area contributed by atoms with Crippen molar-refractivity contribution in [1.29, 1.82) is 0 Å². The number of hydrogen-bond acceptors (Lipinski definition) is 4. The highest BCUT2D eigenvalue weighted by atomic mass is 32.2. The van der Waals surface area contributed by atoms with Gasteiger partial charge in [0.25, 0.3) is 0 Å². The lowest BCUT2D eigenvalue weighted by Crippen LogP contribution is -2.30. The molecule has 1 heterocycles. The van der Waals surface area contributed by atoms with Gasteiger partial charge in [0.15, 0.2) is 11.6 Å². The van der Waals surface area contributed by atoms with Gasteiger partial charge in [-0.25, -0.2) is 13.2 Å². The number of nitrogens with one attached hydrogen (secondary N) is 1. The third-order valence-corrected chi connectivity index (χ3v) is 5.77. The van der Waals surface area contributed by atoms with Crippen LogP contribution in [0.2, 0.25) is 0 Å². The van der Waals surface area contributed by atoms with Crippen molar-refractivity contribution >= 4 is 11.9 Å². The maximum Gasteiger partial charge on any atom is 0.161 e. The Morgan fingerprint density at radius 2 is 1.81 bits per heavy atom. The van der Waals surface area contributed by atoms with Crippen molar-refractivity contribution in [2.75, 3.05) is 26.2 Å². The van der Waals surface area contributed by atoms with Crippen molar-refractivity contribution in [3.8, 4) is 0 Å². The van der Waals surface area contributed by atoms with Crippen LogP contribution in [0.15, 0.2) is 12.1 Å². The minimum Gasteiger partial charge on any atom is -0.327 e. The molecular weight excluding hydrogens is 359 g/mol. The third kappa shape index (κ3) is 7.86. The lowest BCUT2D eigenvalue weighted by Gasteiger charge is -2.18. The topological polar surface area (TPSA) is 41.3 Å². The van der Waals surface area contributed by atoms with Gasteiger partial charge in [-0.3, -0.25) is 4.72 Å². The van der Waals surface area contributed by atoms with Crippen molar-refractivity contribution in [2.45, 2.75) is 56.7 Å². The number of benzene rings is 1. The molecule has 3 N–H and O–H groups in total. The van der Waals surface area contributed by atoms with Gasteiger partial charge in [0.2, 0.25) is 0 Å². The van der Waals surface area contributed by atoms with E-state index in [-0.39, 0.29) is 18.0 Å². The molecule has 148 valence electrons. The van der Waals surface area contributed by atoms with Crippen LogP contribution in [0.1, 0.15) is 44.6 Å². The minimum atomic E-state index is -1.16. The van der Waals surface area contributed by atoms with Crippen LogP contribution < -0.4 is 10.5 Å². The molecule has 1 saturated carbocycles.